The van der Waals surface area contributed by atoms with Gasteiger partial charge in [0.05, 0.1) is 13.3 Å². The lowest BCUT2D eigenvalue weighted by molar-refractivity contribution is 0.415. The van der Waals surface area contributed by atoms with Crippen LogP contribution in [0.25, 0.3) is 10.8 Å². The topological polar surface area (TPSA) is 73.3 Å². The molecule has 84 valence electrons. The average molecular weight is 217 g/mol. The number of nitrogens with two attached hydrogens (primary N) is 2. The van der Waals surface area contributed by atoms with Gasteiger partial charge in [0.1, 0.15) is 5.75 Å². The van der Waals surface area contributed by atoms with E-state index in [-0.39, 0.29) is 6.17 Å². The van der Waals surface area contributed by atoms with Crippen LogP contribution >= 0.6 is 0 Å². The largest absolute Gasteiger partial charge is 0.497 e. The van der Waals surface area contributed by atoms with E-state index in [0.29, 0.717) is 0 Å². The first-order valence-corrected chi connectivity index (χ1v) is 5.04. The second-order valence-electron chi connectivity index (χ2n) is 3.62. The summed E-state index contributed by atoms with van der Waals surface area (Å²) < 4.78 is 5.16. The van der Waals surface area contributed by atoms with Gasteiger partial charge in [0.25, 0.3) is 0 Å². The van der Waals surface area contributed by atoms with Crippen molar-refractivity contribution in [2.75, 3.05) is 7.11 Å². The Morgan fingerprint density at radius 1 is 1.12 bits per heavy atom. The van der Waals surface area contributed by atoms with Gasteiger partial charge in [0, 0.05) is 0 Å². The predicted molar refractivity (Wildman–Crippen MR) is 64.8 cm³/mol. The third-order valence-electron chi connectivity index (χ3n) is 2.61. The van der Waals surface area contributed by atoms with Crippen molar-refractivity contribution >= 4 is 10.8 Å². The van der Waals surface area contributed by atoms with Crippen molar-refractivity contribution in [2.45, 2.75) is 6.17 Å². The van der Waals surface area contributed by atoms with Crippen LogP contribution in [0.5, 0.6) is 5.75 Å². The van der Waals surface area contributed by atoms with Crippen molar-refractivity contribution in [1.29, 1.82) is 0 Å². The number of fused-ring (bicyclic) bond motifs is 1. The van der Waals surface area contributed by atoms with Gasteiger partial charge in [0.15, 0.2) is 0 Å². The van der Waals surface area contributed by atoms with Crippen molar-refractivity contribution in [1.82, 2.24) is 5.43 Å². The van der Waals surface area contributed by atoms with Gasteiger partial charge in [-0.25, -0.2) is 5.43 Å². The van der Waals surface area contributed by atoms with Crippen LogP contribution in [0, 0.1) is 0 Å². The van der Waals surface area contributed by atoms with Gasteiger partial charge >= 0.3 is 0 Å². The van der Waals surface area contributed by atoms with E-state index in [1.54, 1.807) is 7.11 Å². The van der Waals surface area contributed by atoms with Crippen molar-refractivity contribution in [3.63, 3.8) is 0 Å². The van der Waals surface area contributed by atoms with Gasteiger partial charge in [-0.05, 0) is 34.5 Å². The Hall–Kier alpha value is -1.62. The van der Waals surface area contributed by atoms with Gasteiger partial charge in [-0.15, -0.1) is 0 Å². The maximum absolute atomic E-state index is 5.78. The summed E-state index contributed by atoms with van der Waals surface area (Å²) in [6.45, 7) is 0. The molecule has 5 N–H and O–H groups in total. The molecule has 0 aliphatic rings. The second-order valence-corrected chi connectivity index (χ2v) is 3.62. The van der Waals surface area contributed by atoms with Crippen LogP contribution in [0.1, 0.15) is 11.7 Å². The molecule has 2 aromatic rings. The Morgan fingerprint density at radius 2 is 1.81 bits per heavy atom. The first kappa shape index (κ1) is 10.9. The molecule has 0 heterocycles. The summed E-state index contributed by atoms with van der Waals surface area (Å²) in [4.78, 5) is 0. The van der Waals surface area contributed by atoms with Gasteiger partial charge in [-0.3, -0.25) is 5.84 Å². The van der Waals surface area contributed by atoms with Gasteiger partial charge in [0.2, 0.25) is 0 Å². The molecular weight excluding hydrogens is 202 g/mol. The highest BCUT2D eigenvalue weighted by atomic mass is 16.5. The molecule has 2 rings (SSSR count). The van der Waals surface area contributed by atoms with Crippen molar-refractivity contribution in [3.8, 4) is 5.75 Å². The summed E-state index contributed by atoms with van der Waals surface area (Å²) in [7, 11) is 1.66. The monoisotopic (exact) mass is 217 g/mol. The molecule has 4 heteroatoms. The molecule has 2 aromatic carbocycles. The van der Waals surface area contributed by atoms with Crippen LogP contribution in [0.15, 0.2) is 36.4 Å². The lowest BCUT2D eigenvalue weighted by atomic mass is 10.1. The fourth-order valence-corrected chi connectivity index (χ4v) is 1.66. The summed E-state index contributed by atoms with van der Waals surface area (Å²) in [5.74, 6) is 6.15. The molecule has 0 amide bonds. The van der Waals surface area contributed by atoms with E-state index in [1.165, 1.54) is 0 Å². The molecule has 0 saturated carbocycles. The van der Waals surface area contributed by atoms with E-state index in [9.17, 15) is 0 Å². The summed E-state index contributed by atoms with van der Waals surface area (Å²) in [6.07, 6.45) is -0.341. The fraction of sp³-hybridized carbons (Fsp3) is 0.167. The molecule has 4 nitrogen and oxygen atoms in total. The summed E-state index contributed by atoms with van der Waals surface area (Å²) in [6, 6.07) is 11.9. The van der Waals surface area contributed by atoms with Crippen LogP contribution in [0.4, 0.5) is 0 Å². The lowest BCUT2D eigenvalue weighted by Gasteiger charge is -2.11. The molecule has 1 atom stereocenters. The van der Waals surface area contributed by atoms with Crippen LogP contribution in [0.2, 0.25) is 0 Å². The molecule has 0 fully saturated rings. The molecule has 0 aromatic heterocycles. The quantitative estimate of drug-likeness (QED) is 0.411. The molecule has 0 radical (unpaired) electrons. The van der Waals surface area contributed by atoms with Crippen LogP contribution in [-0.4, -0.2) is 7.11 Å². The molecule has 1 unspecified atom stereocenters. The van der Waals surface area contributed by atoms with E-state index >= 15 is 0 Å². The molecule has 0 bridgehead atoms. The summed E-state index contributed by atoms with van der Waals surface area (Å²) >= 11 is 0. The zero-order chi connectivity index (χ0) is 11.5. The second kappa shape index (κ2) is 4.49. The van der Waals surface area contributed by atoms with E-state index in [0.717, 1.165) is 22.1 Å². The highest BCUT2D eigenvalue weighted by Gasteiger charge is 2.04. The summed E-state index contributed by atoms with van der Waals surface area (Å²) in [5, 5.41) is 2.23. The van der Waals surface area contributed by atoms with Gasteiger partial charge < -0.3 is 10.5 Å². The third kappa shape index (κ3) is 1.99. The van der Waals surface area contributed by atoms with Gasteiger partial charge in [-0.1, -0.05) is 18.2 Å². The number of hydrogen-bond acceptors (Lipinski definition) is 4. The van der Waals surface area contributed by atoms with Crippen LogP contribution in [-0.2, 0) is 0 Å². The molecule has 16 heavy (non-hydrogen) atoms. The highest BCUT2D eigenvalue weighted by Crippen LogP contribution is 2.22. The lowest BCUT2D eigenvalue weighted by Crippen LogP contribution is -2.33. The van der Waals surface area contributed by atoms with Gasteiger partial charge in [-0.2, -0.15) is 0 Å². The van der Waals surface area contributed by atoms with E-state index < -0.39 is 0 Å². The van der Waals surface area contributed by atoms with Crippen LogP contribution < -0.4 is 21.7 Å². The first-order valence-electron chi connectivity index (χ1n) is 5.04. The number of hydrogen-bond donors (Lipinski definition) is 3. The highest BCUT2D eigenvalue weighted by molar-refractivity contribution is 5.84. The number of nitrogens with one attached hydrogen (secondary N) is 1. The average Bonchev–Trinajstić information content (AvgIpc) is 2.36. The minimum atomic E-state index is -0.341. The van der Waals surface area contributed by atoms with Crippen molar-refractivity contribution < 1.29 is 4.74 Å². The zero-order valence-electron chi connectivity index (χ0n) is 9.10. The number of hydrazine groups is 1. The molecule has 0 spiro atoms. The molecule has 0 saturated heterocycles. The maximum atomic E-state index is 5.78. The summed E-state index contributed by atoms with van der Waals surface area (Å²) in [5.41, 5.74) is 9.26. The minimum absolute atomic E-state index is 0.341. The Kier molecular flexibility index (Phi) is 3.05. The molecular formula is C12H15N3O. The Balaban J connectivity index is 2.47. The first-order chi connectivity index (χ1) is 7.74. The standard InChI is InChI=1S/C12H15N3O/c1-16-11-5-4-8-6-10(12(13)15-14)3-2-9(8)7-11/h2-7,12,15H,13-14H2,1H3. The Bertz CT molecular complexity index is 499. The Morgan fingerprint density at radius 3 is 2.50 bits per heavy atom. The minimum Gasteiger partial charge on any atom is -0.497 e. The number of methoxy groups -OCH3 is 1. The number of ether oxygens (including phenoxy) is 1. The predicted octanol–water partition coefficient (Wildman–Crippen LogP) is 1.27. The van der Waals surface area contributed by atoms with E-state index in [2.05, 4.69) is 5.43 Å². The maximum Gasteiger partial charge on any atom is 0.119 e. The fourth-order valence-electron chi connectivity index (χ4n) is 1.66. The van der Waals surface area contributed by atoms with Crippen molar-refractivity contribution in [2.24, 2.45) is 11.6 Å². The number of benzene rings is 2. The van der Waals surface area contributed by atoms with E-state index in [4.69, 9.17) is 16.3 Å². The zero-order valence-corrected chi connectivity index (χ0v) is 9.10. The molecule has 0 aliphatic carbocycles. The van der Waals surface area contributed by atoms with Crippen LogP contribution in [0.3, 0.4) is 0 Å². The Labute approximate surface area is 94.2 Å². The molecule has 0 aliphatic heterocycles. The van der Waals surface area contributed by atoms with E-state index in [1.807, 2.05) is 36.4 Å². The normalized spacial score (nSPS) is 12.7. The van der Waals surface area contributed by atoms with Crippen molar-refractivity contribution in [3.05, 3.63) is 42.0 Å². The SMILES string of the molecule is COc1ccc2cc(C(N)NN)ccc2c1. The third-order valence-corrected chi connectivity index (χ3v) is 2.61. The smallest absolute Gasteiger partial charge is 0.119 e. The number of rotatable bonds is 3.